The number of nitrogens with one attached hydrogen (secondary N) is 1. The average molecular weight is 516 g/mol. The average Bonchev–Trinajstić information content (AvgIpc) is 2.86. The maximum Gasteiger partial charge on any atom is 0.286 e. The van der Waals surface area contributed by atoms with Crippen molar-refractivity contribution in [2.45, 2.75) is 65.5 Å². The Kier molecular flexibility index (Phi) is 9.31. The minimum absolute atomic E-state index is 0.0227. The summed E-state index contributed by atoms with van der Waals surface area (Å²) in [5.74, 6) is -3.16. The molecule has 0 saturated carbocycles. The molecule has 3 heterocycles. The van der Waals surface area contributed by atoms with Crippen molar-refractivity contribution in [3.05, 3.63) is 58.6 Å². The molecule has 0 spiro atoms. The number of fused-ring (bicyclic) bond motifs is 3. The van der Waals surface area contributed by atoms with Crippen LogP contribution in [0.15, 0.2) is 57.9 Å². The molecule has 37 heavy (non-hydrogen) atoms. The van der Waals surface area contributed by atoms with Crippen LogP contribution in [0.3, 0.4) is 0 Å². The van der Waals surface area contributed by atoms with Crippen LogP contribution in [0.4, 0.5) is 14.5 Å². The molecule has 0 aliphatic carbocycles. The lowest BCUT2D eigenvalue weighted by Gasteiger charge is -2.44. The zero-order valence-electron chi connectivity index (χ0n) is 22.1. The Morgan fingerprint density at radius 1 is 1.35 bits per heavy atom. The first-order chi connectivity index (χ1) is 17.6. The van der Waals surface area contributed by atoms with Crippen molar-refractivity contribution in [3.63, 3.8) is 0 Å². The van der Waals surface area contributed by atoms with Crippen LogP contribution in [0.5, 0.6) is 5.88 Å². The van der Waals surface area contributed by atoms with E-state index in [2.05, 4.69) is 39.0 Å². The highest BCUT2D eigenvalue weighted by atomic mass is 19.3. The van der Waals surface area contributed by atoms with E-state index in [1.165, 1.54) is 6.08 Å². The third-order valence-corrected chi connectivity index (χ3v) is 6.24. The highest BCUT2D eigenvalue weighted by molar-refractivity contribution is 5.97. The van der Waals surface area contributed by atoms with Gasteiger partial charge in [0.1, 0.15) is 17.5 Å². The number of aromatic nitrogens is 2. The molecule has 1 fully saturated rings. The quantitative estimate of drug-likeness (QED) is 0.295. The first-order valence-electron chi connectivity index (χ1n) is 12.3. The summed E-state index contributed by atoms with van der Waals surface area (Å²) in [5, 5.41) is 11.4. The number of rotatable bonds is 9. The SMILES string of the molecule is C=N/C(=C\C(=C/C)C(=O)N/C(C)=C/C=C(/C)Cc1cc2c(nn1)OC(CC)[C@@H]1COCCN21)C(C)(F)F. The number of hydrogen-bond acceptors (Lipinski definition) is 7. The topological polar surface area (TPSA) is 88.9 Å². The van der Waals surface area contributed by atoms with Gasteiger partial charge in [-0.3, -0.25) is 9.79 Å². The molecule has 10 heteroatoms. The number of alkyl halides is 2. The summed E-state index contributed by atoms with van der Waals surface area (Å²) in [7, 11) is 0. The highest BCUT2D eigenvalue weighted by Gasteiger charge is 2.38. The number of ether oxygens (including phenoxy) is 2. The van der Waals surface area contributed by atoms with Gasteiger partial charge < -0.3 is 19.7 Å². The van der Waals surface area contributed by atoms with E-state index in [9.17, 15) is 13.6 Å². The van der Waals surface area contributed by atoms with Crippen molar-refractivity contribution in [3.8, 4) is 5.88 Å². The van der Waals surface area contributed by atoms with E-state index in [1.807, 2.05) is 19.1 Å². The normalized spacial score (nSPS) is 21.1. The molecule has 1 N–H and O–H groups in total. The van der Waals surface area contributed by atoms with Gasteiger partial charge in [0.05, 0.1) is 24.9 Å². The van der Waals surface area contributed by atoms with Crippen molar-refractivity contribution in [1.82, 2.24) is 15.5 Å². The summed E-state index contributed by atoms with van der Waals surface area (Å²) in [5.41, 5.74) is 2.79. The summed E-state index contributed by atoms with van der Waals surface area (Å²) < 4.78 is 39.0. The number of aliphatic imine (C=N–C) groups is 1. The fraction of sp³-hybridized carbons (Fsp3) is 0.481. The smallest absolute Gasteiger partial charge is 0.286 e. The van der Waals surface area contributed by atoms with E-state index in [-0.39, 0.29) is 17.7 Å². The van der Waals surface area contributed by atoms with Crippen molar-refractivity contribution < 1.29 is 23.0 Å². The Bertz CT molecular complexity index is 1140. The molecule has 0 aromatic carbocycles. The van der Waals surface area contributed by atoms with Crippen LogP contribution >= 0.6 is 0 Å². The van der Waals surface area contributed by atoms with Gasteiger partial charge in [-0.2, -0.15) is 13.9 Å². The number of nitrogens with zero attached hydrogens (tertiary/aromatic N) is 4. The van der Waals surface area contributed by atoms with E-state index in [0.29, 0.717) is 38.1 Å². The third kappa shape index (κ3) is 7.09. The number of carbonyl (C=O) groups excluding carboxylic acids is 1. The molecule has 2 aliphatic rings. The van der Waals surface area contributed by atoms with Crippen molar-refractivity contribution in [1.29, 1.82) is 0 Å². The van der Waals surface area contributed by atoms with Gasteiger partial charge in [0.15, 0.2) is 0 Å². The minimum Gasteiger partial charge on any atom is -0.470 e. The summed E-state index contributed by atoms with van der Waals surface area (Å²) in [6.07, 6.45) is 7.56. The molecule has 0 radical (unpaired) electrons. The third-order valence-electron chi connectivity index (χ3n) is 6.24. The van der Waals surface area contributed by atoms with Crippen LogP contribution in [0, 0.1) is 0 Å². The van der Waals surface area contributed by atoms with Crippen molar-refractivity contribution >= 4 is 18.3 Å². The van der Waals surface area contributed by atoms with Gasteiger partial charge in [-0.05, 0) is 52.1 Å². The number of halogens is 2. The minimum atomic E-state index is -3.20. The Balaban J connectivity index is 1.68. The Labute approximate surface area is 216 Å². The van der Waals surface area contributed by atoms with Gasteiger partial charge in [0.2, 0.25) is 0 Å². The predicted octanol–water partition coefficient (Wildman–Crippen LogP) is 4.55. The van der Waals surface area contributed by atoms with Gasteiger partial charge in [0.25, 0.3) is 17.7 Å². The molecule has 1 amide bonds. The van der Waals surface area contributed by atoms with Gasteiger partial charge in [-0.25, -0.2) is 0 Å². The largest absolute Gasteiger partial charge is 0.470 e. The second kappa shape index (κ2) is 12.2. The molecule has 1 saturated heterocycles. The first-order valence-corrected chi connectivity index (χ1v) is 12.3. The number of carbonyl (C=O) groups is 1. The Morgan fingerprint density at radius 3 is 2.76 bits per heavy atom. The van der Waals surface area contributed by atoms with Crippen LogP contribution in [0.25, 0.3) is 0 Å². The van der Waals surface area contributed by atoms with E-state index in [0.717, 1.165) is 36.0 Å². The van der Waals surface area contributed by atoms with Gasteiger partial charge in [-0.15, -0.1) is 5.10 Å². The summed E-state index contributed by atoms with van der Waals surface area (Å²) >= 11 is 0. The molecule has 200 valence electrons. The number of morpholine rings is 1. The second-order valence-corrected chi connectivity index (χ2v) is 9.24. The number of allylic oxidation sites excluding steroid dienone is 6. The Hall–Kier alpha value is -3.40. The lowest BCUT2D eigenvalue weighted by atomic mass is 10.0. The predicted molar refractivity (Wildman–Crippen MR) is 140 cm³/mol. The van der Waals surface area contributed by atoms with Crippen LogP contribution in [0.1, 0.15) is 46.7 Å². The first kappa shape index (κ1) is 28.2. The summed E-state index contributed by atoms with van der Waals surface area (Å²) in [4.78, 5) is 18.2. The molecule has 1 aromatic rings. The molecule has 0 bridgehead atoms. The van der Waals surface area contributed by atoms with Crippen molar-refractivity contribution in [2.24, 2.45) is 4.99 Å². The maximum absolute atomic E-state index is 13.6. The summed E-state index contributed by atoms with van der Waals surface area (Å²) in [6.45, 7) is 13.3. The van der Waals surface area contributed by atoms with Crippen molar-refractivity contribution in [2.75, 3.05) is 24.7 Å². The molecule has 8 nitrogen and oxygen atoms in total. The van der Waals surface area contributed by atoms with E-state index in [4.69, 9.17) is 9.47 Å². The number of anilines is 1. The van der Waals surface area contributed by atoms with Crippen LogP contribution in [-0.2, 0) is 16.0 Å². The number of amides is 1. The zero-order chi connectivity index (χ0) is 27.2. The van der Waals surface area contributed by atoms with Gasteiger partial charge in [-0.1, -0.05) is 24.6 Å². The highest BCUT2D eigenvalue weighted by Crippen LogP contribution is 2.36. The molecular weight excluding hydrogens is 480 g/mol. The molecule has 2 atom stereocenters. The van der Waals surface area contributed by atoms with E-state index in [1.54, 1.807) is 19.9 Å². The summed E-state index contributed by atoms with van der Waals surface area (Å²) in [6, 6.07) is 2.18. The lowest BCUT2D eigenvalue weighted by Crippen LogP contribution is -2.56. The molecule has 1 aromatic heterocycles. The van der Waals surface area contributed by atoms with E-state index < -0.39 is 17.5 Å². The van der Waals surface area contributed by atoms with E-state index >= 15 is 0 Å². The fourth-order valence-electron chi connectivity index (χ4n) is 4.24. The molecule has 1 unspecified atom stereocenters. The standard InChI is InChI=1S/C27H35F2N5O3/c1-7-19(14-24(30-6)27(5,28)29)25(35)31-18(4)10-9-17(3)13-20-15-21-26(33-32-20)37-23(8-2)22-16-36-12-11-34(21)22/h7,9-10,14-15,22-23H,6,8,11-13,16H2,1-5H3,(H,31,35)/b17-9-,18-10+,19-7+,24-14-/t22-,23?/m0/s1. The lowest BCUT2D eigenvalue weighted by molar-refractivity contribution is -0.116. The van der Waals surface area contributed by atoms with Crippen LogP contribution in [0.2, 0.25) is 0 Å². The molecular formula is C27H35F2N5O3. The van der Waals surface area contributed by atoms with Gasteiger partial charge in [0, 0.05) is 31.2 Å². The molecule has 2 aliphatic heterocycles. The zero-order valence-corrected chi connectivity index (χ0v) is 22.1. The fourth-order valence-corrected chi connectivity index (χ4v) is 4.24. The monoisotopic (exact) mass is 515 g/mol. The molecule has 3 rings (SSSR count). The van der Waals surface area contributed by atoms with Crippen LogP contribution in [-0.4, -0.2) is 60.6 Å². The number of hydrogen-bond donors (Lipinski definition) is 1. The maximum atomic E-state index is 13.6. The Morgan fingerprint density at radius 2 is 2.11 bits per heavy atom. The second-order valence-electron chi connectivity index (χ2n) is 9.24. The van der Waals surface area contributed by atoms with Gasteiger partial charge >= 0.3 is 0 Å². The van der Waals surface area contributed by atoms with Crippen LogP contribution < -0.4 is 15.0 Å².